The molecule has 1 aromatic heterocycles. The number of nitrogens with zero attached hydrogens (tertiary/aromatic N) is 1. The normalized spacial score (nSPS) is 23.3. The van der Waals surface area contributed by atoms with Gasteiger partial charge in [0.15, 0.2) is 0 Å². The van der Waals surface area contributed by atoms with Gasteiger partial charge in [0.2, 0.25) is 0 Å². The van der Waals surface area contributed by atoms with E-state index < -0.39 is 0 Å². The Kier molecular flexibility index (Phi) is 2.93. The molecule has 1 saturated heterocycles. The highest BCUT2D eigenvalue weighted by molar-refractivity contribution is 7.09. The molecule has 0 aromatic carbocycles. The minimum atomic E-state index is 0.513. The van der Waals surface area contributed by atoms with Crippen molar-refractivity contribution in [1.29, 1.82) is 0 Å². The van der Waals surface area contributed by atoms with Gasteiger partial charge >= 0.3 is 0 Å². The van der Waals surface area contributed by atoms with Crippen LogP contribution in [0, 0.1) is 0 Å². The van der Waals surface area contributed by atoms with Crippen LogP contribution in [0.2, 0.25) is 0 Å². The molecule has 0 bridgehead atoms. The topological polar surface area (TPSA) is 48.1 Å². The minimum absolute atomic E-state index is 0.513. The first-order valence-corrected chi connectivity index (χ1v) is 5.50. The van der Waals surface area contributed by atoms with Gasteiger partial charge in [-0.15, -0.1) is 11.3 Å². The molecule has 1 aliphatic rings. The smallest absolute Gasteiger partial charge is 0.0982 e. The number of nitrogens with two attached hydrogens (primary N) is 1. The van der Waals surface area contributed by atoms with Crippen molar-refractivity contribution in [3.63, 3.8) is 0 Å². The molecule has 0 saturated carbocycles. The van der Waals surface area contributed by atoms with Crippen LogP contribution in [0.5, 0.6) is 0 Å². The van der Waals surface area contributed by atoms with Crippen molar-refractivity contribution in [3.8, 4) is 0 Å². The third-order valence-corrected chi connectivity index (χ3v) is 3.34. The summed E-state index contributed by atoms with van der Waals surface area (Å²) in [5, 5.41) is 3.24. The largest absolute Gasteiger partial charge is 0.381 e. The number of rotatable bonds is 2. The standard InChI is InChI=1S/C9H14N2OS/c10-4-8-6-13-9(11-8)7-2-1-3-12-5-7/h6-7H,1-5,10H2. The van der Waals surface area contributed by atoms with Crippen molar-refractivity contribution in [1.82, 2.24) is 4.98 Å². The lowest BCUT2D eigenvalue weighted by molar-refractivity contribution is 0.0803. The molecule has 1 fully saturated rings. The van der Waals surface area contributed by atoms with E-state index in [2.05, 4.69) is 4.98 Å². The average Bonchev–Trinajstić information content (AvgIpc) is 2.67. The summed E-state index contributed by atoms with van der Waals surface area (Å²) < 4.78 is 5.41. The first kappa shape index (κ1) is 9.12. The maximum atomic E-state index is 5.51. The van der Waals surface area contributed by atoms with Gasteiger partial charge in [0.1, 0.15) is 0 Å². The van der Waals surface area contributed by atoms with Crippen LogP contribution in [-0.2, 0) is 11.3 Å². The summed E-state index contributed by atoms with van der Waals surface area (Å²) >= 11 is 1.71. The first-order chi connectivity index (χ1) is 6.40. The third kappa shape index (κ3) is 2.07. The maximum absolute atomic E-state index is 5.51. The molecule has 72 valence electrons. The van der Waals surface area contributed by atoms with E-state index in [0.717, 1.165) is 25.3 Å². The summed E-state index contributed by atoms with van der Waals surface area (Å²) in [5.41, 5.74) is 6.51. The van der Waals surface area contributed by atoms with Gasteiger partial charge < -0.3 is 10.5 Å². The quantitative estimate of drug-likeness (QED) is 0.783. The van der Waals surface area contributed by atoms with E-state index in [-0.39, 0.29) is 0 Å². The fourth-order valence-electron chi connectivity index (χ4n) is 1.54. The Labute approximate surface area is 81.9 Å². The van der Waals surface area contributed by atoms with Crippen LogP contribution in [0.15, 0.2) is 5.38 Å². The average molecular weight is 198 g/mol. The second-order valence-corrected chi connectivity index (χ2v) is 4.18. The van der Waals surface area contributed by atoms with Crippen LogP contribution < -0.4 is 5.73 Å². The molecular formula is C9H14N2OS. The van der Waals surface area contributed by atoms with E-state index in [4.69, 9.17) is 10.5 Å². The SMILES string of the molecule is NCc1csc(C2CCCOC2)n1. The van der Waals surface area contributed by atoms with Crippen LogP contribution in [0.1, 0.15) is 29.5 Å². The van der Waals surface area contributed by atoms with Crippen molar-refractivity contribution in [2.75, 3.05) is 13.2 Å². The molecule has 2 rings (SSSR count). The second kappa shape index (κ2) is 4.17. The molecule has 3 nitrogen and oxygen atoms in total. The molecular weight excluding hydrogens is 184 g/mol. The Morgan fingerprint density at radius 1 is 1.69 bits per heavy atom. The predicted octanol–water partition coefficient (Wildman–Crippen LogP) is 1.50. The van der Waals surface area contributed by atoms with Crippen molar-refractivity contribution >= 4 is 11.3 Å². The molecule has 0 amide bonds. The number of aromatic nitrogens is 1. The monoisotopic (exact) mass is 198 g/mol. The lowest BCUT2D eigenvalue weighted by Gasteiger charge is -2.19. The van der Waals surface area contributed by atoms with Crippen molar-refractivity contribution in [2.45, 2.75) is 25.3 Å². The highest BCUT2D eigenvalue weighted by Gasteiger charge is 2.18. The van der Waals surface area contributed by atoms with Crippen LogP contribution in [0.3, 0.4) is 0 Å². The van der Waals surface area contributed by atoms with Crippen LogP contribution >= 0.6 is 11.3 Å². The Balaban J connectivity index is 2.05. The summed E-state index contributed by atoms with van der Waals surface area (Å²) in [7, 11) is 0. The maximum Gasteiger partial charge on any atom is 0.0982 e. The molecule has 0 aliphatic carbocycles. The number of hydrogen-bond donors (Lipinski definition) is 1. The minimum Gasteiger partial charge on any atom is -0.381 e. The molecule has 13 heavy (non-hydrogen) atoms. The van der Waals surface area contributed by atoms with Gasteiger partial charge in [-0.05, 0) is 12.8 Å². The predicted molar refractivity (Wildman–Crippen MR) is 52.8 cm³/mol. The van der Waals surface area contributed by atoms with Gasteiger partial charge in [-0.2, -0.15) is 0 Å². The lowest BCUT2D eigenvalue weighted by atomic mass is 10.0. The number of hydrogen-bond acceptors (Lipinski definition) is 4. The molecule has 2 N–H and O–H groups in total. The fraction of sp³-hybridized carbons (Fsp3) is 0.667. The van der Waals surface area contributed by atoms with Gasteiger partial charge in [0.25, 0.3) is 0 Å². The number of thiazole rings is 1. The Morgan fingerprint density at radius 3 is 3.23 bits per heavy atom. The van der Waals surface area contributed by atoms with Crippen molar-refractivity contribution in [2.24, 2.45) is 5.73 Å². The van der Waals surface area contributed by atoms with Gasteiger partial charge in [0, 0.05) is 24.4 Å². The molecule has 1 atom stereocenters. The number of ether oxygens (including phenoxy) is 1. The molecule has 0 radical (unpaired) electrons. The summed E-state index contributed by atoms with van der Waals surface area (Å²) in [5.74, 6) is 0.513. The zero-order valence-electron chi connectivity index (χ0n) is 7.53. The molecule has 0 spiro atoms. The molecule has 1 aliphatic heterocycles. The lowest BCUT2D eigenvalue weighted by Crippen LogP contribution is -2.15. The molecule has 1 unspecified atom stereocenters. The molecule has 2 heterocycles. The van der Waals surface area contributed by atoms with Crippen molar-refractivity contribution < 1.29 is 4.74 Å². The Morgan fingerprint density at radius 2 is 2.62 bits per heavy atom. The Hall–Kier alpha value is -0.450. The zero-order valence-corrected chi connectivity index (χ0v) is 8.35. The first-order valence-electron chi connectivity index (χ1n) is 4.62. The highest BCUT2D eigenvalue weighted by atomic mass is 32.1. The third-order valence-electron chi connectivity index (χ3n) is 2.29. The van der Waals surface area contributed by atoms with Crippen LogP contribution in [0.4, 0.5) is 0 Å². The highest BCUT2D eigenvalue weighted by Crippen LogP contribution is 2.27. The summed E-state index contributed by atoms with van der Waals surface area (Å²) in [6, 6.07) is 0. The van der Waals surface area contributed by atoms with Crippen LogP contribution in [0.25, 0.3) is 0 Å². The summed E-state index contributed by atoms with van der Waals surface area (Å²) in [6.07, 6.45) is 2.36. The van der Waals surface area contributed by atoms with E-state index in [9.17, 15) is 0 Å². The van der Waals surface area contributed by atoms with E-state index in [1.54, 1.807) is 11.3 Å². The summed E-state index contributed by atoms with van der Waals surface area (Å²) in [6.45, 7) is 2.28. The van der Waals surface area contributed by atoms with E-state index in [1.165, 1.54) is 11.4 Å². The van der Waals surface area contributed by atoms with Gasteiger partial charge in [0.05, 0.1) is 17.3 Å². The van der Waals surface area contributed by atoms with Gasteiger partial charge in [-0.1, -0.05) is 0 Å². The fourth-order valence-corrected chi connectivity index (χ4v) is 2.49. The van der Waals surface area contributed by atoms with Crippen LogP contribution in [-0.4, -0.2) is 18.2 Å². The second-order valence-electron chi connectivity index (χ2n) is 3.30. The molecule has 4 heteroatoms. The summed E-state index contributed by atoms with van der Waals surface area (Å²) in [4.78, 5) is 4.47. The van der Waals surface area contributed by atoms with E-state index >= 15 is 0 Å². The van der Waals surface area contributed by atoms with E-state index in [1.807, 2.05) is 5.38 Å². The van der Waals surface area contributed by atoms with Crippen molar-refractivity contribution in [3.05, 3.63) is 16.1 Å². The van der Waals surface area contributed by atoms with Gasteiger partial charge in [-0.3, -0.25) is 0 Å². The molecule has 1 aromatic rings. The van der Waals surface area contributed by atoms with E-state index in [0.29, 0.717) is 12.5 Å². The Bertz CT molecular complexity index is 268. The van der Waals surface area contributed by atoms with Gasteiger partial charge in [-0.25, -0.2) is 4.98 Å². The zero-order chi connectivity index (χ0) is 9.10.